The molecule has 0 heterocycles. The van der Waals surface area contributed by atoms with Crippen LogP contribution in [0.2, 0.25) is 0 Å². The molecule has 0 radical (unpaired) electrons. The van der Waals surface area contributed by atoms with Crippen LogP contribution < -0.4 is 0 Å². The first kappa shape index (κ1) is 24.9. The molecule has 1 atom stereocenters. The molecule has 0 saturated heterocycles. The van der Waals surface area contributed by atoms with Gasteiger partial charge in [-0.15, -0.1) is 0 Å². The Hall–Kier alpha value is -1.14. The van der Waals surface area contributed by atoms with Crippen molar-refractivity contribution in [2.24, 2.45) is 5.92 Å². The Labute approximate surface area is 158 Å². The van der Waals surface area contributed by atoms with Crippen LogP contribution >= 0.6 is 0 Å². The lowest BCUT2D eigenvalue weighted by Crippen LogP contribution is -2.20. The minimum absolute atomic E-state index is 0.283. The number of hydrogen-bond donors (Lipinski definition) is 2. The second kappa shape index (κ2) is 18.6. The van der Waals surface area contributed by atoms with E-state index in [9.17, 15) is 9.59 Å². The first-order chi connectivity index (χ1) is 12.7. The fraction of sp³-hybridized carbons (Fsp3) is 0.900. The quantitative estimate of drug-likeness (QED) is 0.176. The normalized spacial score (nSPS) is 12.0. The van der Waals surface area contributed by atoms with Crippen LogP contribution in [-0.4, -0.2) is 22.5 Å². The molecule has 0 fully saturated rings. The van der Waals surface area contributed by atoms with Crippen molar-refractivity contribution in [3.8, 4) is 0 Å². The lowest BCUT2D eigenvalue weighted by Gasteiger charge is -2.11. The molecule has 154 valence electrons. The average molecular weight is 375 g/mol. The summed E-state index contributed by atoms with van der Waals surface area (Å²) in [6.45, 7) is 2.24. The fourth-order valence-electron chi connectivity index (χ4n) is 3.20. The average Bonchev–Trinajstić information content (AvgIpc) is 2.66. The molecule has 0 bridgehead atoms. The highest BCUT2D eigenvalue weighted by molar-refractivity contribution is 5.79. The maximum atomic E-state index is 11.4. The van der Waals surface area contributed by atoms with Crippen molar-refractivity contribution in [3.05, 3.63) is 0 Å². The summed E-state index contributed by atoms with van der Waals surface area (Å²) in [6.07, 6.45) is 17.6. The van der Waals surface area contributed by atoms with Gasteiger partial charge in [-0.1, -0.05) is 96.8 Å². The summed E-state index contributed by atoms with van der Waals surface area (Å²) in [5.74, 6) is -2.52. The first-order valence-corrected chi connectivity index (χ1v) is 10.3. The summed E-state index contributed by atoms with van der Waals surface area (Å²) in [4.78, 5) is 29.7. The molecular weight excluding hydrogens is 336 g/mol. The Bertz CT molecular complexity index is 345. The van der Waals surface area contributed by atoms with Crippen LogP contribution in [0.15, 0.2) is 0 Å². The molecule has 0 saturated carbocycles. The summed E-state index contributed by atoms with van der Waals surface area (Å²) in [5, 5.41) is 16.7. The number of unbranched alkanes of at least 4 members (excludes halogenated alkanes) is 13. The maximum absolute atomic E-state index is 11.4. The monoisotopic (exact) mass is 374 g/mol. The lowest BCUT2D eigenvalue weighted by atomic mass is 9.97. The van der Waals surface area contributed by atoms with E-state index < -0.39 is 17.9 Å². The molecule has 0 aliphatic heterocycles. The van der Waals surface area contributed by atoms with Crippen LogP contribution in [0.5, 0.6) is 0 Å². The zero-order valence-corrected chi connectivity index (χ0v) is 16.4. The summed E-state index contributed by atoms with van der Waals surface area (Å²) in [5.41, 5.74) is 0. The third-order valence-electron chi connectivity index (χ3n) is 4.84. The van der Waals surface area contributed by atoms with Gasteiger partial charge >= 0.3 is 11.9 Å². The third-order valence-corrected chi connectivity index (χ3v) is 4.84. The summed E-state index contributed by atoms with van der Waals surface area (Å²) in [6, 6.07) is 0. The molecule has 0 rings (SSSR count). The number of carbonyl (C=O) groups is 2. The predicted octanol–water partition coefficient (Wildman–Crippen LogP) is 5.90. The molecule has 0 aliphatic carbocycles. The molecule has 6 heteroatoms. The molecule has 2 N–H and O–H groups in total. The smallest absolute Gasteiger partial charge is 0.301 e. The fourth-order valence-corrected chi connectivity index (χ4v) is 3.20. The van der Waals surface area contributed by atoms with Gasteiger partial charge in [-0.2, -0.15) is 10.5 Å². The maximum Gasteiger partial charge on any atom is 0.345 e. The van der Waals surface area contributed by atoms with Crippen molar-refractivity contribution in [3.63, 3.8) is 0 Å². The van der Waals surface area contributed by atoms with Gasteiger partial charge in [0.25, 0.3) is 0 Å². The minimum atomic E-state index is -0.897. The van der Waals surface area contributed by atoms with E-state index in [1.54, 1.807) is 0 Å². The van der Waals surface area contributed by atoms with Gasteiger partial charge in [-0.3, -0.25) is 0 Å². The van der Waals surface area contributed by atoms with Crippen molar-refractivity contribution in [2.45, 2.75) is 110 Å². The van der Waals surface area contributed by atoms with E-state index in [2.05, 4.69) is 16.7 Å². The van der Waals surface area contributed by atoms with Crippen molar-refractivity contribution < 1.29 is 29.9 Å². The molecule has 26 heavy (non-hydrogen) atoms. The first-order valence-electron chi connectivity index (χ1n) is 10.3. The Morgan fingerprint density at radius 2 is 1.12 bits per heavy atom. The number of carbonyl (C=O) groups excluding carboxylic acids is 2. The van der Waals surface area contributed by atoms with Crippen molar-refractivity contribution >= 4 is 11.9 Å². The third kappa shape index (κ3) is 15.1. The minimum Gasteiger partial charge on any atom is -0.301 e. The SMILES string of the molecule is CCCCCCCCCCCCCCCCC(CC(=O)OO)C(=O)OO. The van der Waals surface area contributed by atoms with E-state index in [0.717, 1.165) is 19.3 Å². The van der Waals surface area contributed by atoms with Crippen molar-refractivity contribution in [1.82, 2.24) is 0 Å². The molecule has 6 nitrogen and oxygen atoms in total. The van der Waals surface area contributed by atoms with E-state index >= 15 is 0 Å². The van der Waals surface area contributed by atoms with E-state index in [4.69, 9.17) is 10.5 Å². The number of rotatable bonds is 18. The molecule has 0 aromatic heterocycles. The van der Waals surface area contributed by atoms with Crippen LogP contribution in [0.4, 0.5) is 0 Å². The van der Waals surface area contributed by atoms with E-state index in [-0.39, 0.29) is 6.42 Å². The van der Waals surface area contributed by atoms with Gasteiger partial charge in [-0.25, -0.2) is 9.59 Å². The molecule has 0 amide bonds. The van der Waals surface area contributed by atoms with Crippen LogP contribution in [0.1, 0.15) is 110 Å². The van der Waals surface area contributed by atoms with Gasteiger partial charge < -0.3 is 9.78 Å². The van der Waals surface area contributed by atoms with Gasteiger partial charge in [0.1, 0.15) is 0 Å². The predicted molar refractivity (Wildman–Crippen MR) is 100 cm³/mol. The van der Waals surface area contributed by atoms with Gasteiger partial charge in [-0.05, 0) is 6.42 Å². The molecule has 0 aromatic rings. The van der Waals surface area contributed by atoms with E-state index in [0.29, 0.717) is 6.42 Å². The van der Waals surface area contributed by atoms with Crippen LogP contribution in [0.3, 0.4) is 0 Å². The summed E-state index contributed by atoms with van der Waals surface area (Å²) < 4.78 is 0. The van der Waals surface area contributed by atoms with E-state index in [1.165, 1.54) is 70.6 Å². The van der Waals surface area contributed by atoms with Crippen molar-refractivity contribution in [2.75, 3.05) is 0 Å². The van der Waals surface area contributed by atoms with Crippen LogP contribution in [-0.2, 0) is 19.4 Å². The Balaban J connectivity index is 3.47. The van der Waals surface area contributed by atoms with Gasteiger partial charge in [0, 0.05) is 0 Å². The Morgan fingerprint density at radius 1 is 0.692 bits per heavy atom. The lowest BCUT2D eigenvalue weighted by molar-refractivity contribution is -0.245. The van der Waals surface area contributed by atoms with Gasteiger partial charge in [0.15, 0.2) is 0 Å². The zero-order valence-electron chi connectivity index (χ0n) is 16.4. The largest absolute Gasteiger partial charge is 0.345 e. The highest BCUT2D eigenvalue weighted by Gasteiger charge is 2.24. The molecule has 0 aromatic carbocycles. The highest BCUT2D eigenvalue weighted by Crippen LogP contribution is 2.18. The second-order valence-corrected chi connectivity index (χ2v) is 7.16. The molecular formula is C20H38O6. The summed E-state index contributed by atoms with van der Waals surface area (Å²) in [7, 11) is 0. The highest BCUT2D eigenvalue weighted by atomic mass is 17.1. The second-order valence-electron chi connectivity index (χ2n) is 7.16. The van der Waals surface area contributed by atoms with Crippen LogP contribution in [0, 0.1) is 5.92 Å². The molecule has 1 unspecified atom stereocenters. The molecule has 0 spiro atoms. The van der Waals surface area contributed by atoms with Crippen LogP contribution in [0.25, 0.3) is 0 Å². The Kier molecular flexibility index (Phi) is 17.8. The summed E-state index contributed by atoms with van der Waals surface area (Å²) >= 11 is 0. The molecule has 0 aliphatic rings. The van der Waals surface area contributed by atoms with Gasteiger partial charge in [0.2, 0.25) is 0 Å². The Morgan fingerprint density at radius 3 is 1.50 bits per heavy atom. The number of hydrogen-bond acceptors (Lipinski definition) is 6. The van der Waals surface area contributed by atoms with Crippen molar-refractivity contribution in [1.29, 1.82) is 0 Å². The zero-order chi connectivity index (χ0) is 19.5. The topological polar surface area (TPSA) is 93.1 Å². The standard InChI is InChI=1S/C20H38O6/c1-2-3-4-5-6-7-8-9-10-11-12-13-14-15-16-18(20(22)26-24)17-19(21)25-23/h18,23-24H,2-17H2,1H3. The van der Waals surface area contributed by atoms with E-state index in [1.807, 2.05) is 0 Å². The van der Waals surface area contributed by atoms with Gasteiger partial charge in [0.05, 0.1) is 12.3 Å².